The molecule has 28 heavy (non-hydrogen) atoms. The Morgan fingerprint density at radius 1 is 1.11 bits per heavy atom. The molecule has 148 valence electrons. The zero-order chi connectivity index (χ0) is 19.6. The van der Waals surface area contributed by atoms with Gasteiger partial charge in [0.05, 0.1) is 34.8 Å². The van der Waals surface area contributed by atoms with Crippen molar-refractivity contribution in [3.8, 4) is 0 Å². The van der Waals surface area contributed by atoms with Crippen molar-refractivity contribution in [3.05, 3.63) is 54.4 Å². The van der Waals surface area contributed by atoms with Gasteiger partial charge in [0.2, 0.25) is 0 Å². The first-order valence-electron chi connectivity index (χ1n) is 9.36. The van der Waals surface area contributed by atoms with Crippen LogP contribution in [0, 0.1) is 0 Å². The number of anilines is 1. The summed E-state index contributed by atoms with van der Waals surface area (Å²) in [5, 5.41) is 0. The van der Waals surface area contributed by atoms with E-state index in [9.17, 15) is 8.42 Å². The van der Waals surface area contributed by atoms with Gasteiger partial charge in [0.1, 0.15) is 5.82 Å². The molecule has 3 aromatic rings. The number of rotatable bonds is 6. The highest BCUT2D eigenvalue weighted by molar-refractivity contribution is 7.92. The van der Waals surface area contributed by atoms with Gasteiger partial charge in [-0.25, -0.2) is 13.4 Å². The number of nitrogens with one attached hydrogen (secondary N) is 1. The third-order valence-corrected chi connectivity index (χ3v) is 6.43. The summed E-state index contributed by atoms with van der Waals surface area (Å²) in [5.74, 6) is 0.990. The maximum absolute atomic E-state index is 12.5. The molecule has 1 aromatic heterocycles. The normalized spacial score (nSPS) is 15.8. The van der Waals surface area contributed by atoms with Gasteiger partial charge in [-0.1, -0.05) is 18.2 Å². The predicted molar refractivity (Wildman–Crippen MR) is 109 cm³/mol. The molecule has 0 saturated carbocycles. The number of imidazole rings is 1. The Balaban J connectivity index is 1.52. The number of aromatic nitrogens is 2. The monoisotopic (exact) mass is 400 g/mol. The van der Waals surface area contributed by atoms with Crippen molar-refractivity contribution < 1.29 is 13.2 Å². The first-order valence-corrected chi connectivity index (χ1v) is 10.8. The molecule has 1 aliphatic rings. The predicted octanol–water partition coefficient (Wildman–Crippen LogP) is 2.25. The van der Waals surface area contributed by atoms with E-state index in [-0.39, 0.29) is 4.90 Å². The van der Waals surface area contributed by atoms with Crippen LogP contribution in [0.15, 0.2) is 53.4 Å². The zero-order valence-electron chi connectivity index (χ0n) is 15.8. The van der Waals surface area contributed by atoms with Gasteiger partial charge in [-0.2, -0.15) is 0 Å². The molecule has 0 radical (unpaired) electrons. The topological polar surface area (TPSA) is 76.5 Å². The average Bonchev–Trinajstić information content (AvgIpc) is 3.02. The van der Waals surface area contributed by atoms with Crippen LogP contribution in [0.5, 0.6) is 0 Å². The fourth-order valence-electron chi connectivity index (χ4n) is 3.43. The van der Waals surface area contributed by atoms with Gasteiger partial charge in [-0.05, 0) is 30.3 Å². The van der Waals surface area contributed by atoms with Crippen LogP contribution < -0.4 is 4.72 Å². The molecule has 8 heteroatoms. The second-order valence-corrected chi connectivity index (χ2v) is 8.60. The lowest BCUT2D eigenvalue weighted by atomic mass is 10.3. The molecule has 7 nitrogen and oxygen atoms in total. The van der Waals surface area contributed by atoms with E-state index in [4.69, 9.17) is 9.72 Å². The number of nitrogens with zero attached hydrogens (tertiary/aromatic N) is 3. The van der Waals surface area contributed by atoms with Crippen LogP contribution in [-0.2, 0) is 28.2 Å². The SMILES string of the molecule is Cn1c(CCN2CCOCC2)nc2cc(NS(=O)(=O)c3ccccc3)ccc21. The molecule has 1 aliphatic heterocycles. The molecule has 2 aromatic carbocycles. The molecule has 1 fully saturated rings. The zero-order valence-corrected chi connectivity index (χ0v) is 16.7. The number of ether oxygens (including phenoxy) is 1. The Morgan fingerprint density at radius 2 is 1.86 bits per heavy atom. The van der Waals surface area contributed by atoms with Crippen LogP contribution >= 0.6 is 0 Å². The summed E-state index contributed by atoms with van der Waals surface area (Å²) < 4.78 is 35.2. The maximum Gasteiger partial charge on any atom is 0.261 e. The number of benzene rings is 2. The van der Waals surface area contributed by atoms with Gasteiger partial charge >= 0.3 is 0 Å². The van der Waals surface area contributed by atoms with Gasteiger partial charge in [0.15, 0.2) is 0 Å². The Bertz CT molecular complexity index is 1060. The summed E-state index contributed by atoms with van der Waals surface area (Å²) in [5.41, 5.74) is 2.28. The molecule has 0 atom stereocenters. The molecule has 0 spiro atoms. The van der Waals surface area contributed by atoms with Gasteiger partial charge in [-0.15, -0.1) is 0 Å². The summed E-state index contributed by atoms with van der Waals surface area (Å²) in [6.07, 6.45) is 0.844. The van der Waals surface area contributed by atoms with Crippen molar-refractivity contribution in [2.45, 2.75) is 11.3 Å². The van der Waals surface area contributed by atoms with Gasteiger partial charge in [-0.3, -0.25) is 9.62 Å². The van der Waals surface area contributed by atoms with Crippen LogP contribution in [0.25, 0.3) is 11.0 Å². The largest absolute Gasteiger partial charge is 0.379 e. The first-order chi connectivity index (χ1) is 13.5. The van der Waals surface area contributed by atoms with E-state index in [1.54, 1.807) is 42.5 Å². The van der Waals surface area contributed by atoms with Crippen LogP contribution in [0.4, 0.5) is 5.69 Å². The van der Waals surface area contributed by atoms with Crippen molar-refractivity contribution in [1.29, 1.82) is 0 Å². The Morgan fingerprint density at radius 3 is 2.61 bits per heavy atom. The maximum atomic E-state index is 12.5. The van der Waals surface area contributed by atoms with E-state index in [0.29, 0.717) is 5.69 Å². The Kier molecular flexibility index (Phi) is 5.34. The third kappa shape index (κ3) is 4.04. The van der Waals surface area contributed by atoms with Gasteiger partial charge in [0, 0.05) is 33.1 Å². The lowest BCUT2D eigenvalue weighted by Crippen LogP contribution is -2.37. The highest BCUT2D eigenvalue weighted by Gasteiger charge is 2.16. The fourth-order valence-corrected chi connectivity index (χ4v) is 4.50. The second-order valence-electron chi connectivity index (χ2n) is 6.91. The summed E-state index contributed by atoms with van der Waals surface area (Å²) >= 11 is 0. The highest BCUT2D eigenvalue weighted by Crippen LogP contribution is 2.22. The van der Waals surface area contributed by atoms with E-state index in [2.05, 4.69) is 14.2 Å². The molecule has 0 amide bonds. The number of aryl methyl sites for hydroxylation is 1. The summed E-state index contributed by atoms with van der Waals surface area (Å²) in [7, 11) is -1.62. The molecule has 1 N–H and O–H groups in total. The first kappa shape index (κ1) is 18.9. The van der Waals surface area contributed by atoms with Crippen molar-refractivity contribution in [3.63, 3.8) is 0 Å². The molecule has 2 heterocycles. The number of fused-ring (bicyclic) bond motifs is 1. The van der Waals surface area contributed by atoms with E-state index >= 15 is 0 Å². The second kappa shape index (κ2) is 7.90. The van der Waals surface area contributed by atoms with Crippen molar-refractivity contribution >= 4 is 26.7 Å². The smallest absolute Gasteiger partial charge is 0.261 e. The summed E-state index contributed by atoms with van der Waals surface area (Å²) in [6.45, 7) is 4.42. The molecule has 0 aliphatic carbocycles. The summed E-state index contributed by atoms with van der Waals surface area (Å²) in [6, 6.07) is 13.8. The van der Waals surface area contributed by atoms with E-state index in [1.165, 1.54) is 0 Å². The Labute approximate surface area is 165 Å². The molecule has 4 rings (SSSR count). The average molecular weight is 401 g/mol. The molecule has 0 bridgehead atoms. The number of sulfonamides is 1. The minimum absolute atomic E-state index is 0.238. The quantitative estimate of drug-likeness (QED) is 0.687. The van der Waals surface area contributed by atoms with Crippen molar-refractivity contribution in [1.82, 2.24) is 14.5 Å². The molecule has 0 unspecified atom stereocenters. The van der Waals surface area contributed by atoms with Crippen molar-refractivity contribution in [2.75, 3.05) is 37.6 Å². The number of hydrogen-bond donors (Lipinski definition) is 1. The molecule has 1 saturated heterocycles. The fraction of sp³-hybridized carbons (Fsp3) is 0.350. The third-order valence-electron chi connectivity index (χ3n) is 5.03. The van der Waals surface area contributed by atoms with E-state index < -0.39 is 10.0 Å². The summed E-state index contributed by atoms with van der Waals surface area (Å²) in [4.78, 5) is 7.35. The number of hydrogen-bond acceptors (Lipinski definition) is 5. The number of morpholine rings is 1. The minimum Gasteiger partial charge on any atom is -0.379 e. The lowest BCUT2D eigenvalue weighted by Gasteiger charge is -2.26. The van der Waals surface area contributed by atoms with Crippen LogP contribution in [0.3, 0.4) is 0 Å². The van der Waals surface area contributed by atoms with Crippen molar-refractivity contribution in [2.24, 2.45) is 7.05 Å². The van der Waals surface area contributed by atoms with E-state index in [0.717, 1.165) is 56.1 Å². The molecular formula is C20H24N4O3S. The van der Waals surface area contributed by atoms with Crippen LogP contribution in [-0.4, -0.2) is 55.7 Å². The standard InChI is InChI=1S/C20H24N4O3S/c1-23-19-8-7-16(22-28(25,26)17-5-3-2-4-6-17)15-18(19)21-20(23)9-10-24-11-13-27-14-12-24/h2-8,15,22H,9-14H2,1H3. The lowest BCUT2D eigenvalue weighted by molar-refractivity contribution is 0.0382. The van der Waals surface area contributed by atoms with Gasteiger partial charge < -0.3 is 9.30 Å². The van der Waals surface area contributed by atoms with Gasteiger partial charge in [0.25, 0.3) is 10.0 Å². The minimum atomic E-state index is -3.61. The Hall–Kier alpha value is -2.42. The van der Waals surface area contributed by atoms with Crippen LogP contribution in [0.2, 0.25) is 0 Å². The van der Waals surface area contributed by atoms with Crippen LogP contribution in [0.1, 0.15) is 5.82 Å². The highest BCUT2D eigenvalue weighted by atomic mass is 32.2. The van der Waals surface area contributed by atoms with E-state index in [1.807, 2.05) is 13.1 Å². The molecular weight excluding hydrogens is 376 g/mol.